The summed E-state index contributed by atoms with van der Waals surface area (Å²) < 4.78 is 41.8. The second kappa shape index (κ2) is 9.97. The first-order valence-electron chi connectivity index (χ1n) is 10.2. The van der Waals surface area contributed by atoms with E-state index in [4.69, 9.17) is 11.6 Å². The molecule has 10 heteroatoms. The maximum Gasteiger partial charge on any atom is 0.254 e. The molecule has 32 heavy (non-hydrogen) atoms. The van der Waals surface area contributed by atoms with Crippen LogP contribution in [0.5, 0.6) is 0 Å². The summed E-state index contributed by atoms with van der Waals surface area (Å²) in [6.07, 6.45) is 0. The number of sulfonamides is 1. The van der Waals surface area contributed by atoms with Gasteiger partial charge >= 0.3 is 0 Å². The third-order valence-corrected chi connectivity index (χ3v) is 7.00. The first-order chi connectivity index (χ1) is 15.1. The fourth-order valence-corrected chi connectivity index (χ4v) is 5.10. The van der Waals surface area contributed by atoms with Crippen LogP contribution in [-0.4, -0.2) is 62.3 Å². The van der Waals surface area contributed by atoms with Crippen molar-refractivity contribution in [3.05, 3.63) is 64.9 Å². The van der Waals surface area contributed by atoms with Crippen LogP contribution in [0.1, 0.15) is 24.2 Å². The largest absolute Gasteiger partial charge is 0.338 e. The smallest absolute Gasteiger partial charge is 0.254 e. The van der Waals surface area contributed by atoms with Gasteiger partial charge in [0.05, 0.1) is 0 Å². The van der Waals surface area contributed by atoms with Gasteiger partial charge < -0.3 is 9.80 Å². The zero-order chi connectivity index (χ0) is 23.5. The molecule has 1 atom stereocenters. The molecular weight excluding hydrogens is 457 g/mol. The van der Waals surface area contributed by atoms with Gasteiger partial charge in [-0.3, -0.25) is 9.59 Å². The lowest BCUT2D eigenvalue weighted by Crippen LogP contribution is -2.57. The fourth-order valence-electron chi connectivity index (χ4n) is 3.50. The van der Waals surface area contributed by atoms with Crippen molar-refractivity contribution < 1.29 is 22.4 Å². The highest BCUT2D eigenvalue weighted by molar-refractivity contribution is 7.89. The van der Waals surface area contributed by atoms with Gasteiger partial charge in [0.2, 0.25) is 15.9 Å². The van der Waals surface area contributed by atoms with Gasteiger partial charge in [-0.25, -0.2) is 12.8 Å². The lowest BCUT2D eigenvalue weighted by atomic mass is 10.0. The van der Waals surface area contributed by atoms with Gasteiger partial charge in [-0.1, -0.05) is 43.6 Å². The summed E-state index contributed by atoms with van der Waals surface area (Å²) in [5.74, 6) is -1.84. The minimum atomic E-state index is -4.23. The molecule has 0 bridgehead atoms. The molecule has 0 aromatic heterocycles. The van der Waals surface area contributed by atoms with Crippen LogP contribution in [0.4, 0.5) is 4.39 Å². The molecule has 1 N–H and O–H groups in total. The van der Waals surface area contributed by atoms with Crippen molar-refractivity contribution in [2.24, 2.45) is 5.92 Å². The lowest BCUT2D eigenvalue weighted by molar-refractivity contribution is -0.135. The Hall–Kier alpha value is -2.49. The number of halogens is 2. The van der Waals surface area contributed by atoms with Crippen LogP contribution in [0, 0.1) is 11.7 Å². The SMILES string of the molecule is CC(C)[C@H](NS(=O)(=O)c1ccccc1F)C(=O)N1CCN(C(=O)c2cccc(Cl)c2)CC1. The predicted molar refractivity (Wildman–Crippen MR) is 119 cm³/mol. The zero-order valence-corrected chi connectivity index (χ0v) is 19.4. The van der Waals surface area contributed by atoms with E-state index < -0.39 is 32.7 Å². The number of piperazine rings is 1. The number of carbonyl (C=O) groups excluding carboxylic acids is 2. The molecule has 0 aliphatic carbocycles. The molecule has 3 rings (SSSR count). The Kier molecular flexibility index (Phi) is 7.53. The van der Waals surface area contributed by atoms with Crippen molar-refractivity contribution in [1.29, 1.82) is 0 Å². The Bertz CT molecular complexity index is 1100. The Morgan fingerprint density at radius 2 is 1.62 bits per heavy atom. The van der Waals surface area contributed by atoms with Crippen molar-refractivity contribution in [3.8, 4) is 0 Å². The summed E-state index contributed by atoms with van der Waals surface area (Å²) in [6.45, 7) is 4.56. The molecule has 1 aliphatic heterocycles. The van der Waals surface area contributed by atoms with E-state index in [1.54, 1.807) is 43.0 Å². The van der Waals surface area contributed by atoms with Crippen LogP contribution in [0.3, 0.4) is 0 Å². The average molecular weight is 482 g/mol. The Labute approximate surface area is 192 Å². The topological polar surface area (TPSA) is 86.8 Å². The Balaban J connectivity index is 1.68. The number of carbonyl (C=O) groups is 2. The molecule has 0 unspecified atom stereocenters. The molecule has 172 valence electrons. The van der Waals surface area contributed by atoms with Gasteiger partial charge in [0.25, 0.3) is 5.91 Å². The van der Waals surface area contributed by atoms with Crippen molar-refractivity contribution in [3.63, 3.8) is 0 Å². The van der Waals surface area contributed by atoms with E-state index in [0.717, 1.165) is 12.1 Å². The van der Waals surface area contributed by atoms with Crippen molar-refractivity contribution in [2.45, 2.75) is 24.8 Å². The number of amides is 2. The summed E-state index contributed by atoms with van der Waals surface area (Å²) in [5.41, 5.74) is 0.468. The number of nitrogens with one attached hydrogen (secondary N) is 1. The van der Waals surface area contributed by atoms with Gasteiger partial charge in [0.1, 0.15) is 16.8 Å². The van der Waals surface area contributed by atoms with E-state index in [2.05, 4.69) is 4.72 Å². The lowest BCUT2D eigenvalue weighted by Gasteiger charge is -2.37. The maximum absolute atomic E-state index is 14.0. The van der Waals surface area contributed by atoms with Crippen LogP contribution in [-0.2, 0) is 14.8 Å². The van der Waals surface area contributed by atoms with Gasteiger partial charge in [-0.15, -0.1) is 0 Å². The van der Waals surface area contributed by atoms with Crippen LogP contribution in [0.25, 0.3) is 0 Å². The number of nitrogens with zero attached hydrogens (tertiary/aromatic N) is 2. The molecule has 1 aliphatic rings. The Morgan fingerprint density at radius 1 is 1.00 bits per heavy atom. The highest BCUT2D eigenvalue weighted by Crippen LogP contribution is 2.18. The fraction of sp³-hybridized carbons (Fsp3) is 0.364. The number of benzene rings is 2. The normalized spacial score (nSPS) is 15.7. The maximum atomic E-state index is 14.0. The molecule has 1 heterocycles. The van der Waals surface area contributed by atoms with Crippen molar-refractivity contribution in [1.82, 2.24) is 14.5 Å². The first kappa shape index (κ1) is 24.2. The van der Waals surface area contributed by atoms with Crippen LogP contribution in [0.2, 0.25) is 5.02 Å². The third-order valence-electron chi connectivity index (χ3n) is 5.29. The second-order valence-corrected chi connectivity index (χ2v) is 10.0. The molecule has 7 nitrogen and oxygen atoms in total. The molecule has 1 saturated heterocycles. The number of rotatable bonds is 6. The highest BCUT2D eigenvalue weighted by atomic mass is 35.5. The number of hydrogen-bond acceptors (Lipinski definition) is 4. The van der Waals surface area contributed by atoms with E-state index in [1.807, 2.05) is 0 Å². The van der Waals surface area contributed by atoms with Gasteiger partial charge in [-0.05, 0) is 36.2 Å². The summed E-state index contributed by atoms with van der Waals surface area (Å²) in [6, 6.07) is 10.6. The van der Waals surface area contributed by atoms with Crippen molar-refractivity contribution >= 4 is 33.4 Å². The minimum absolute atomic E-state index is 0.180. The molecule has 0 saturated carbocycles. The molecule has 1 fully saturated rings. The highest BCUT2D eigenvalue weighted by Gasteiger charge is 2.34. The second-order valence-electron chi connectivity index (χ2n) is 7.90. The van der Waals surface area contributed by atoms with Crippen LogP contribution in [0.15, 0.2) is 53.4 Å². The van der Waals surface area contributed by atoms with E-state index in [0.29, 0.717) is 23.7 Å². The zero-order valence-electron chi connectivity index (χ0n) is 17.8. The summed E-state index contributed by atoms with van der Waals surface area (Å²) in [7, 11) is -4.23. The van der Waals surface area contributed by atoms with E-state index in [1.165, 1.54) is 17.0 Å². The quantitative estimate of drug-likeness (QED) is 0.687. The van der Waals surface area contributed by atoms with Crippen LogP contribution >= 0.6 is 11.6 Å². The molecule has 0 radical (unpaired) electrons. The monoisotopic (exact) mass is 481 g/mol. The van der Waals surface area contributed by atoms with E-state index in [-0.39, 0.29) is 24.9 Å². The summed E-state index contributed by atoms with van der Waals surface area (Å²) in [5, 5.41) is 0.464. The van der Waals surface area contributed by atoms with Gasteiger partial charge in [0, 0.05) is 36.8 Å². The van der Waals surface area contributed by atoms with E-state index in [9.17, 15) is 22.4 Å². The van der Waals surface area contributed by atoms with Gasteiger partial charge in [-0.2, -0.15) is 4.72 Å². The Morgan fingerprint density at radius 3 is 2.22 bits per heavy atom. The first-order valence-corrected chi connectivity index (χ1v) is 12.1. The molecule has 2 aromatic carbocycles. The molecular formula is C22H25ClFN3O4S. The number of hydrogen-bond donors (Lipinski definition) is 1. The summed E-state index contributed by atoms with van der Waals surface area (Å²) in [4.78, 5) is 28.4. The molecule has 2 amide bonds. The average Bonchev–Trinajstić information content (AvgIpc) is 2.76. The van der Waals surface area contributed by atoms with Crippen molar-refractivity contribution in [2.75, 3.05) is 26.2 Å². The standard InChI is InChI=1S/C22H25ClFN3O4S/c1-15(2)20(25-32(30,31)19-9-4-3-8-18(19)24)22(29)27-12-10-26(11-13-27)21(28)16-6-5-7-17(23)14-16/h3-9,14-15,20,25H,10-13H2,1-2H3/t20-/m0/s1. The van der Waals surface area contributed by atoms with Gasteiger partial charge in [0.15, 0.2) is 0 Å². The molecule has 0 spiro atoms. The molecule has 2 aromatic rings. The minimum Gasteiger partial charge on any atom is -0.338 e. The van der Waals surface area contributed by atoms with E-state index >= 15 is 0 Å². The third kappa shape index (κ3) is 5.46. The predicted octanol–water partition coefficient (Wildman–Crippen LogP) is 2.77. The van der Waals surface area contributed by atoms with Crippen LogP contribution < -0.4 is 4.72 Å². The summed E-state index contributed by atoms with van der Waals surface area (Å²) >= 11 is 5.96.